The molecule has 5 nitrogen and oxygen atoms in total. The van der Waals surface area contributed by atoms with Crippen molar-refractivity contribution in [3.8, 4) is 0 Å². The molecule has 2 aliphatic rings. The van der Waals surface area contributed by atoms with Crippen molar-refractivity contribution >= 4 is 17.9 Å². The summed E-state index contributed by atoms with van der Waals surface area (Å²) in [6, 6.07) is 7.74. The second kappa shape index (κ2) is 9.70. The molecule has 146 valence electrons. The summed E-state index contributed by atoms with van der Waals surface area (Å²) >= 11 is 0. The SMILES string of the molecule is CC(=O)N1C=Cc2ccccc2C1CC(=O)NCCCN1CCCCCC1. The average Bonchev–Trinajstić information content (AvgIpc) is 2.94. The third kappa shape index (κ3) is 5.42. The largest absolute Gasteiger partial charge is 0.356 e. The maximum Gasteiger partial charge on any atom is 0.223 e. The molecule has 0 spiro atoms. The van der Waals surface area contributed by atoms with E-state index in [1.54, 1.807) is 18.0 Å². The van der Waals surface area contributed by atoms with E-state index in [9.17, 15) is 9.59 Å². The van der Waals surface area contributed by atoms with E-state index in [0.29, 0.717) is 13.0 Å². The second-order valence-corrected chi connectivity index (χ2v) is 7.55. The Morgan fingerprint density at radius 3 is 2.59 bits per heavy atom. The number of hydrogen-bond acceptors (Lipinski definition) is 3. The summed E-state index contributed by atoms with van der Waals surface area (Å²) < 4.78 is 0. The standard InChI is InChI=1S/C22H31N3O2/c1-18(26)25-16-11-19-9-4-5-10-20(19)21(25)17-22(27)23-12-8-15-24-13-6-2-3-7-14-24/h4-5,9-11,16,21H,2-3,6-8,12-15,17H2,1H3,(H,23,27). The predicted octanol–water partition coefficient (Wildman–Crippen LogP) is 3.33. The van der Waals surface area contributed by atoms with Crippen molar-refractivity contribution in [1.82, 2.24) is 15.1 Å². The summed E-state index contributed by atoms with van der Waals surface area (Å²) in [5, 5.41) is 3.05. The molecule has 3 rings (SSSR count). The van der Waals surface area contributed by atoms with Gasteiger partial charge >= 0.3 is 0 Å². The minimum absolute atomic E-state index is 0.00668. The Bertz CT molecular complexity index is 678. The number of likely N-dealkylation sites (tertiary alicyclic amines) is 1. The molecule has 0 bridgehead atoms. The molecule has 0 saturated carbocycles. The van der Waals surface area contributed by atoms with Crippen molar-refractivity contribution in [1.29, 1.82) is 0 Å². The van der Waals surface area contributed by atoms with Crippen LogP contribution in [0, 0.1) is 0 Å². The third-order valence-corrected chi connectivity index (χ3v) is 5.52. The maximum absolute atomic E-state index is 12.5. The number of rotatable bonds is 6. The highest BCUT2D eigenvalue weighted by atomic mass is 16.2. The topological polar surface area (TPSA) is 52.7 Å². The number of benzene rings is 1. The number of carbonyl (C=O) groups excluding carboxylic acids is 2. The monoisotopic (exact) mass is 369 g/mol. The van der Waals surface area contributed by atoms with Gasteiger partial charge < -0.3 is 15.1 Å². The summed E-state index contributed by atoms with van der Waals surface area (Å²) in [6.45, 7) is 5.66. The van der Waals surface area contributed by atoms with Crippen molar-refractivity contribution < 1.29 is 9.59 Å². The molecule has 0 aromatic heterocycles. The van der Waals surface area contributed by atoms with Gasteiger partial charge in [-0.2, -0.15) is 0 Å². The first-order valence-electron chi connectivity index (χ1n) is 10.2. The van der Waals surface area contributed by atoms with E-state index in [1.807, 2.05) is 30.3 Å². The quantitative estimate of drug-likeness (QED) is 0.783. The molecule has 2 amide bonds. The van der Waals surface area contributed by atoms with Gasteiger partial charge in [0.2, 0.25) is 11.8 Å². The molecular weight excluding hydrogens is 338 g/mol. The van der Waals surface area contributed by atoms with Crippen LogP contribution in [0.4, 0.5) is 0 Å². The minimum atomic E-state index is -0.227. The van der Waals surface area contributed by atoms with Crippen LogP contribution in [-0.4, -0.2) is 47.8 Å². The van der Waals surface area contributed by atoms with Crippen LogP contribution < -0.4 is 5.32 Å². The highest BCUT2D eigenvalue weighted by Gasteiger charge is 2.27. The molecule has 27 heavy (non-hydrogen) atoms. The molecule has 1 aromatic carbocycles. The molecular formula is C22H31N3O2. The fourth-order valence-corrected chi connectivity index (χ4v) is 4.05. The molecule has 1 unspecified atom stereocenters. The maximum atomic E-state index is 12.5. The van der Waals surface area contributed by atoms with Crippen molar-refractivity contribution in [3.63, 3.8) is 0 Å². The van der Waals surface area contributed by atoms with E-state index >= 15 is 0 Å². The zero-order valence-electron chi connectivity index (χ0n) is 16.3. The first-order chi connectivity index (χ1) is 13.1. The Hall–Kier alpha value is -2.14. The van der Waals surface area contributed by atoms with Gasteiger partial charge in [-0.05, 0) is 56.1 Å². The predicted molar refractivity (Wildman–Crippen MR) is 108 cm³/mol. The molecule has 0 aliphatic carbocycles. The Kier molecular flexibility index (Phi) is 7.04. The number of nitrogens with zero attached hydrogens (tertiary/aromatic N) is 2. The minimum Gasteiger partial charge on any atom is -0.356 e. The van der Waals surface area contributed by atoms with E-state index < -0.39 is 0 Å². The first-order valence-corrected chi connectivity index (χ1v) is 10.2. The Morgan fingerprint density at radius 1 is 1.11 bits per heavy atom. The van der Waals surface area contributed by atoms with Crippen LogP contribution in [0.3, 0.4) is 0 Å². The molecule has 1 atom stereocenters. The number of hydrogen-bond donors (Lipinski definition) is 1. The number of carbonyl (C=O) groups is 2. The van der Waals surface area contributed by atoms with Crippen LogP contribution in [0.15, 0.2) is 30.5 Å². The van der Waals surface area contributed by atoms with Crippen LogP contribution in [0.5, 0.6) is 0 Å². The molecule has 2 heterocycles. The van der Waals surface area contributed by atoms with Gasteiger partial charge in [-0.1, -0.05) is 37.1 Å². The zero-order valence-corrected chi connectivity index (χ0v) is 16.3. The van der Waals surface area contributed by atoms with Gasteiger partial charge in [0.25, 0.3) is 0 Å². The van der Waals surface area contributed by atoms with Crippen LogP contribution in [0.1, 0.15) is 62.6 Å². The molecule has 1 saturated heterocycles. The Labute approximate surface area is 162 Å². The lowest BCUT2D eigenvalue weighted by Crippen LogP contribution is -2.36. The van der Waals surface area contributed by atoms with E-state index in [-0.39, 0.29) is 17.9 Å². The molecule has 0 radical (unpaired) electrons. The highest BCUT2D eigenvalue weighted by molar-refractivity contribution is 5.81. The van der Waals surface area contributed by atoms with Crippen molar-refractivity contribution in [3.05, 3.63) is 41.6 Å². The first kappa shape index (κ1) is 19.6. The molecule has 2 aliphatic heterocycles. The Morgan fingerprint density at radius 2 is 1.85 bits per heavy atom. The fourth-order valence-electron chi connectivity index (χ4n) is 4.05. The lowest BCUT2D eigenvalue weighted by atomic mass is 9.93. The lowest BCUT2D eigenvalue weighted by molar-refractivity contribution is -0.129. The molecule has 5 heteroatoms. The van der Waals surface area contributed by atoms with Gasteiger partial charge in [-0.25, -0.2) is 0 Å². The van der Waals surface area contributed by atoms with E-state index in [4.69, 9.17) is 0 Å². The van der Waals surface area contributed by atoms with E-state index in [1.165, 1.54) is 38.8 Å². The highest BCUT2D eigenvalue weighted by Crippen LogP contribution is 2.32. The average molecular weight is 370 g/mol. The normalized spacial score (nSPS) is 20.0. The van der Waals surface area contributed by atoms with Crippen LogP contribution in [-0.2, 0) is 9.59 Å². The van der Waals surface area contributed by atoms with Crippen LogP contribution in [0.2, 0.25) is 0 Å². The van der Waals surface area contributed by atoms with Gasteiger partial charge in [0.1, 0.15) is 0 Å². The number of fused-ring (bicyclic) bond motifs is 1. The summed E-state index contributed by atoms with van der Waals surface area (Å²) in [5.74, 6) is -0.0352. The smallest absolute Gasteiger partial charge is 0.223 e. The van der Waals surface area contributed by atoms with Crippen molar-refractivity contribution in [2.24, 2.45) is 0 Å². The van der Waals surface area contributed by atoms with Crippen LogP contribution in [0.25, 0.3) is 6.08 Å². The number of nitrogens with one attached hydrogen (secondary N) is 1. The fraction of sp³-hybridized carbons (Fsp3) is 0.545. The van der Waals surface area contributed by atoms with Gasteiger partial charge in [0.05, 0.1) is 12.5 Å². The number of amides is 2. The molecule has 1 fully saturated rings. The summed E-state index contributed by atoms with van der Waals surface area (Å²) in [4.78, 5) is 28.7. The van der Waals surface area contributed by atoms with Gasteiger partial charge in [0, 0.05) is 19.7 Å². The van der Waals surface area contributed by atoms with E-state index in [0.717, 1.165) is 24.1 Å². The molecule has 1 aromatic rings. The summed E-state index contributed by atoms with van der Waals surface area (Å²) in [7, 11) is 0. The summed E-state index contributed by atoms with van der Waals surface area (Å²) in [5.41, 5.74) is 2.11. The third-order valence-electron chi connectivity index (χ3n) is 5.52. The zero-order chi connectivity index (χ0) is 19.1. The van der Waals surface area contributed by atoms with Gasteiger partial charge in [-0.15, -0.1) is 0 Å². The van der Waals surface area contributed by atoms with E-state index in [2.05, 4.69) is 10.2 Å². The lowest BCUT2D eigenvalue weighted by Gasteiger charge is -2.32. The molecule has 1 N–H and O–H groups in total. The van der Waals surface area contributed by atoms with Gasteiger partial charge in [-0.3, -0.25) is 9.59 Å². The van der Waals surface area contributed by atoms with Crippen molar-refractivity contribution in [2.75, 3.05) is 26.2 Å². The summed E-state index contributed by atoms with van der Waals surface area (Å²) in [6.07, 6.45) is 10.3. The second-order valence-electron chi connectivity index (χ2n) is 7.55. The van der Waals surface area contributed by atoms with Gasteiger partial charge in [0.15, 0.2) is 0 Å². The van der Waals surface area contributed by atoms with Crippen LogP contribution >= 0.6 is 0 Å². The van der Waals surface area contributed by atoms with Crippen molar-refractivity contribution in [2.45, 2.75) is 51.5 Å². The Balaban J connectivity index is 1.50.